The summed E-state index contributed by atoms with van der Waals surface area (Å²) in [5, 5.41) is 11.9. The maximum atomic E-state index is 11.4. The first-order chi connectivity index (χ1) is 12.5. The zero-order valence-electron chi connectivity index (χ0n) is 17.1. The standard InChI is InChI=1S/C21H42N2O3/c1-3-4-5-6-7-8-9-10-11-12-13-14-15-16-19(20(24)25)18(2)17-23-21(22)26/h18-19H,3-17H2,1-2H3,(H,24,25)(H3,22,23,26). The van der Waals surface area contributed by atoms with Crippen molar-refractivity contribution in [3.05, 3.63) is 0 Å². The smallest absolute Gasteiger partial charge is 0.312 e. The third-order valence-corrected chi connectivity index (χ3v) is 5.22. The van der Waals surface area contributed by atoms with E-state index in [-0.39, 0.29) is 5.92 Å². The Morgan fingerprint density at radius 3 is 1.65 bits per heavy atom. The molecule has 0 aromatic rings. The predicted octanol–water partition coefficient (Wildman–Crippen LogP) is 5.47. The van der Waals surface area contributed by atoms with E-state index in [9.17, 15) is 14.7 Å². The third-order valence-electron chi connectivity index (χ3n) is 5.22. The Morgan fingerprint density at radius 1 is 0.846 bits per heavy atom. The van der Waals surface area contributed by atoms with Crippen LogP contribution in [0.1, 0.15) is 104 Å². The number of carbonyl (C=O) groups is 2. The molecule has 5 nitrogen and oxygen atoms in total. The van der Waals surface area contributed by atoms with Crippen LogP contribution in [0.2, 0.25) is 0 Å². The number of unbranched alkanes of at least 4 members (excludes halogenated alkanes) is 12. The van der Waals surface area contributed by atoms with Gasteiger partial charge in [-0.15, -0.1) is 0 Å². The minimum Gasteiger partial charge on any atom is -0.481 e. The second-order valence-corrected chi connectivity index (χ2v) is 7.70. The molecule has 0 aromatic carbocycles. The van der Waals surface area contributed by atoms with Crippen LogP contribution in [-0.2, 0) is 4.79 Å². The summed E-state index contributed by atoms with van der Waals surface area (Å²) >= 11 is 0. The lowest BCUT2D eigenvalue weighted by Crippen LogP contribution is -2.36. The fourth-order valence-corrected chi connectivity index (χ4v) is 3.44. The molecular formula is C21H42N2O3. The highest BCUT2D eigenvalue weighted by molar-refractivity contribution is 5.72. The molecule has 0 aliphatic carbocycles. The van der Waals surface area contributed by atoms with Crippen molar-refractivity contribution >= 4 is 12.0 Å². The van der Waals surface area contributed by atoms with Gasteiger partial charge in [-0.3, -0.25) is 4.79 Å². The number of nitrogens with one attached hydrogen (secondary N) is 1. The number of nitrogens with two attached hydrogens (primary N) is 1. The molecule has 4 N–H and O–H groups in total. The Kier molecular flexibility index (Phi) is 16.3. The van der Waals surface area contributed by atoms with E-state index in [4.69, 9.17) is 5.73 Å². The van der Waals surface area contributed by atoms with Crippen LogP contribution in [-0.4, -0.2) is 23.7 Å². The largest absolute Gasteiger partial charge is 0.481 e. The summed E-state index contributed by atoms with van der Waals surface area (Å²) in [6.45, 7) is 4.44. The Hall–Kier alpha value is -1.26. The van der Waals surface area contributed by atoms with Gasteiger partial charge >= 0.3 is 12.0 Å². The van der Waals surface area contributed by atoms with E-state index in [0.717, 1.165) is 12.8 Å². The van der Waals surface area contributed by atoms with E-state index in [1.165, 1.54) is 70.6 Å². The lowest BCUT2D eigenvalue weighted by atomic mass is 9.88. The van der Waals surface area contributed by atoms with Gasteiger partial charge in [0.15, 0.2) is 0 Å². The molecule has 0 heterocycles. The van der Waals surface area contributed by atoms with Crippen LogP contribution in [0.5, 0.6) is 0 Å². The molecule has 5 heteroatoms. The van der Waals surface area contributed by atoms with E-state index in [0.29, 0.717) is 13.0 Å². The molecule has 26 heavy (non-hydrogen) atoms. The fourth-order valence-electron chi connectivity index (χ4n) is 3.44. The van der Waals surface area contributed by atoms with Crippen molar-refractivity contribution in [1.82, 2.24) is 5.32 Å². The number of amides is 2. The van der Waals surface area contributed by atoms with E-state index in [1.54, 1.807) is 0 Å². The summed E-state index contributed by atoms with van der Waals surface area (Å²) in [7, 11) is 0. The van der Waals surface area contributed by atoms with Gasteiger partial charge < -0.3 is 16.2 Å². The van der Waals surface area contributed by atoms with Crippen LogP contribution >= 0.6 is 0 Å². The highest BCUT2D eigenvalue weighted by atomic mass is 16.4. The molecule has 0 aromatic heterocycles. The van der Waals surface area contributed by atoms with Crippen molar-refractivity contribution in [2.45, 2.75) is 104 Å². The molecule has 0 saturated carbocycles. The van der Waals surface area contributed by atoms with Gasteiger partial charge in [0.1, 0.15) is 0 Å². The molecule has 0 saturated heterocycles. The Morgan fingerprint density at radius 2 is 1.27 bits per heavy atom. The number of primary amides is 1. The molecule has 2 atom stereocenters. The second kappa shape index (κ2) is 17.2. The van der Waals surface area contributed by atoms with Gasteiger partial charge in [-0.2, -0.15) is 0 Å². The second-order valence-electron chi connectivity index (χ2n) is 7.70. The normalized spacial score (nSPS) is 13.3. The zero-order valence-corrected chi connectivity index (χ0v) is 17.1. The van der Waals surface area contributed by atoms with E-state index in [2.05, 4.69) is 12.2 Å². The molecule has 0 bridgehead atoms. The lowest BCUT2D eigenvalue weighted by molar-refractivity contribution is -0.143. The Bertz CT molecular complexity index is 361. The number of hydrogen-bond donors (Lipinski definition) is 3. The zero-order chi connectivity index (χ0) is 19.6. The van der Waals surface area contributed by atoms with Crippen LogP contribution < -0.4 is 11.1 Å². The van der Waals surface area contributed by atoms with Crippen molar-refractivity contribution in [3.8, 4) is 0 Å². The molecular weight excluding hydrogens is 328 g/mol. The van der Waals surface area contributed by atoms with Crippen molar-refractivity contribution in [2.75, 3.05) is 6.54 Å². The molecule has 0 radical (unpaired) electrons. The monoisotopic (exact) mass is 370 g/mol. The van der Waals surface area contributed by atoms with Gasteiger partial charge in [0.2, 0.25) is 0 Å². The summed E-state index contributed by atoms with van der Waals surface area (Å²) in [6, 6.07) is -0.595. The van der Waals surface area contributed by atoms with Crippen molar-refractivity contribution in [2.24, 2.45) is 17.6 Å². The van der Waals surface area contributed by atoms with E-state index in [1.807, 2.05) is 6.92 Å². The van der Waals surface area contributed by atoms with Gasteiger partial charge in [0.05, 0.1) is 5.92 Å². The average molecular weight is 371 g/mol. The van der Waals surface area contributed by atoms with Crippen LogP contribution in [0.15, 0.2) is 0 Å². The third kappa shape index (κ3) is 15.0. The first-order valence-electron chi connectivity index (χ1n) is 10.7. The highest BCUT2D eigenvalue weighted by Crippen LogP contribution is 2.20. The van der Waals surface area contributed by atoms with Gasteiger partial charge in [-0.25, -0.2) is 4.79 Å². The number of carbonyl (C=O) groups excluding carboxylic acids is 1. The molecule has 154 valence electrons. The number of aliphatic carboxylic acids is 1. The molecule has 2 amide bonds. The SMILES string of the molecule is CCCCCCCCCCCCCCCC(C(=O)O)C(C)CNC(N)=O. The quantitative estimate of drug-likeness (QED) is 0.279. The topological polar surface area (TPSA) is 92.4 Å². The fraction of sp³-hybridized carbons (Fsp3) is 0.905. The highest BCUT2D eigenvalue weighted by Gasteiger charge is 2.24. The first kappa shape index (κ1) is 24.7. The summed E-state index contributed by atoms with van der Waals surface area (Å²) in [5.41, 5.74) is 5.05. The molecule has 0 aliphatic rings. The van der Waals surface area contributed by atoms with Crippen LogP contribution in [0, 0.1) is 11.8 Å². The van der Waals surface area contributed by atoms with Crippen LogP contribution in [0.25, 0.3) is 0 Å². The Balaban J connectivity index is 3.56. The van der Waals surface area contributed by atoms with Crippen LogP contribution in [0.4, 0.5) is 4.79 Å². The number of urea groups is 1. The summed E-state index contributed by atoms with van der Waals surface area (Å²) in [5.74, 6) is -1.28. The van der Waals surface area contributed by atoms with E-state index < -0.39 is 17.9 Å². The van der Waals surface area contributed by atoms with Gasteiger partial charge in [-0.1, -0.05) is 97.3 Å². The maximum Gasteiger partial charge on any atom is 0.312 e. The summed E-state index contributed by atoms with van der Waals surface area (Å²) in [4.78, 5) is 22.1. The summed E-state index contributed by atoms with van der Waals surface area (Å²) in [6.07, 6.45) is 17.4. The minimum atomic E-state index is -0.775. The number of rotatable bonds is 18. The van der Waals surface area contributed by atoms with E-state index >= 15 is 0 Å². The van der Waals surface area contributed by atoms with Crippen LogP contribution in [0.3, 0.4) is 0 Å². The minimum absolute atomic E-state index is 0.0997. The lowest BCUT2D eigenvalue weighted by Gasteiger charge is -2.20. The molecule has 0 spiro atoms. The van der Waals surface area contributed by atoms with Gasteiger partial charge in [0, 0.05) is 6.54 Å². The first-order valence-corrected chi connectivity index (χ1v) is 10.7. The molecule has 0 aliphatic heterocycles. The van der Waals surface area contributed by atoms with Gasteiger partial charge in [-0.05, 0) is 12.3 Å². The summed E-state index contributed by atoms with van der Waals surface area (Å²) < 4.78 is 0. The maximum absolute atomic E-state index is 11.4. The molecule has 0 fully saturated rings. The van der Waals surface area contributed by atoms with Crippen molar-refractivity contribution in [3.63, 3.8) is 0 Å². The number of hydrogen-bond acceptors (Lipinski definition) is 2. The Labute approximate surface area is 160 Å². The molecule has 0 rings (SSSR count). The van der Waals surface area contributed by atoms with Crippen molar-refractivity contribution < 1.29 is 14.7 Å². The number of carboxylic acid groups (broad SMARTS) is 1. The number of carboxylic acids is 1. The van der Waals surface area contributed by atoms with Gasteiger partial charge in [0.25, 0.3) is 0 Å². The predicted molar refractivity (Wildman–Crippen MR) is 108 cm³/mol. The molecule has 2 unspecified atom stereocenters. The van der Waals surface area contributed by atoms with Crippen molar-refractivity contribution in [1.29, 1.82) is 0 Å². The average Bonchev–Trinajstić information content (AvgIpc) is 2.59.